The van der Waals surface area contributed by atoms with Crippen molar-refractivity contribution in [2.45, 2.75) is 30.2 Å². The van der Waals surface area contributed by atoms with E-state index in [9.17, 15) is 4.39 Å². The normalized spacial score (nSPS) is 10.8. The van der Waals surface area contributed by atoms with Gasteiger partial charge in [0, 0.05) is 11.4 Å². The van der Waals surface area contributed by atoms with Crippen molar-refractivity contribution < 1.29 is 8.81 Å². The average Bonchev–Trinajstić information content (AvgIpc) is 2.72. The Morgan fingerprint density at radius 2 is 2.17 bits per heavy atom. The molecule has 96 valence electrons. The van der Waals surface area contributed by atoms with E-state index in [1.807, 2.05) is 26.0 Å². The van der Waals surface area contributed by atoms with Crippen molar-refractivity contribution in [2.75, 3.05) is 6.54 Å². The maximum atomic E-state index is 13.5. The van der Waals surface area contributed by atoms with Crippen molar-refractivity contribution in [3.05, 3.63) is 47.7 Å². The van der Waals surface area contributed by atoms with Crippen LogP contribution in [0.1, 0.15) is 18.2 Å². The van der Waals surface area contributed by atoms with Crippen LogP contribution in [0, 0.1) is 12.7 Å². The number of aryl methyl sites for hydroxylation is 1. The van der Waals surface area contributed by atoms with E-state index in [0.717, 1.165) is 27.7 Å². The van der Waals surface area contributed by atoms with Gasteiger partial charge in [-0.2, -0.15) is 0 Å². The number of halogens is 1. The van der Waals surface area contributed by atoms with Gasteiger partial charge in [-0.25, -0.2) is 4.39 Å². The zero-order chi connectivity index (χ0) is 13.0. The number of furan rings is 1. The molecule has 0 saturated heterocycles. The molecule has 2 aromatic rings. The summed E-state index contributed by atoms with van der Waals surface area (Å²) in [5.41, 5.74) is 0.959. The molecule has 0 saturated carbocycles. The van der Waals surface area contributed by atoms with E-state index >= 15 is 0 Å². The van der Waals surface area contributed by atoms with Crippen molar-refractivity contribution in [2.24, 2.45) is 0 Å². The second-order valence-corrected chi connectivity index (χ2v) is 5.13. The molecule has 0 fully saturated rings. The summed E-state index contributed by atoms with van der Waals surface area (Å²) < 4.78 is 18.8. The smallest absolute Gasteiger partial charge is 0.124 e. The fourth-order valence-electron chi connectivity index (χ4n) is 1.66. The molecule has 0 aliphatic carbocycles. The number of benzene rings is 1. The molecule has 1 aromatic heterocycles. The monoisotopic (exact) mass is 265 g/mol. The van der Waals surface area contributed by atoms with Gasteiger partial charge in [0.2, 0.25) is 0 Å². The van der Waals surface area contributed by atoms with E-state index in [2.05, 4.69) is 5.32 Å². The van der Waals surface area contributed by atoms with Gasteiger partial charge in [0.25, 0.3) is 0 Å². The van der Waals surface area contributed by atoms with E-state index in [4.69, 9.17) is 4.42 Å². The summed E-state index contributed by atoms with van der Waals surface area (Å²) in [4.78, 5) is 1.92. The van der Waals surface area contributed by atoms with Crippen LogP contribution in [0.25, 0.3) is 0 Å². The summed E-state index contributed by atoms with van der Waals surface area (Å²) in [7, 11) is 0. The van der Waals surface area contributed by atoms with Crippen LogP contribution in [0.3, 0.4) is 0 Å². The van der Waals surface area contributed by atoms with Crippen LogP contribution in [-0.2, 0) is 6.54 Å². The van der Waals surface area contributed by atoms with Gasteiger partial charge < -0.3 is 9.73 Å². The van der Waals surface area contributed by atoms with Crippen molar-refractivity contribution in [3.63, 3.8) is 0 Å². The maximum Gasteiger partial charge on any atom is 0.124 e. The minimum Gasteiger partial charge on any atom is -0.468 e. The highest BCUT2D eigenvalue weighted by Crippen LogP contribution is 2.31. The predicted molar refractivity (Wildman–Crippen MR) is 71.3 cm³/mol. The first kappa shape index (κ1) is 13.2. The summed E-state index contributed by atoms with van der Waals surface area (Å²) in [6, 6.07) is 7.01. The van der Waals surface area contributed by atoms with Crippen molar-refractivity contribution in [1.82, 2.24) is 5.32 Å². The lowest BCUT2D eigenvalue weighted by atomic mass is 10.2. The molecule has 18 heavy (non-hydrogen) atoms. The van der Waals surface area contributed by atoms with Crippen molar-refractivity contribution in [1.29, 1.82) is 0 Å². The molecular formula is C14H16FNOS. The zero-order valence-electron chi connectivity index (χ0n) is 10.5. The largest absolute Gasteiger partial charge is 0.468 e. The van der Waals surface area contributed by atoms with Crippen molar-refractivity contribution >= 4 is 11.8 Å². The van der Waals surface area contributed by atoms with E-state index in [-0.39, 0.29) is 5.82 Å². The fourth-order valence-corrected chi connectivity index (χ4v) is 2.61. The zero-order valence-corrected chi connectivity index (χ0v) is 11.3. The van der Waals surface area contributed by atoms with Gasteiger partial charge in [-0.1, -0.05) is 18.7 Å². The van der Waals surface area contributed by atoms with Gasteiger partial charge in [0.15, 0.2) is 0 Å². The number of rotatable bonds is 5. The molecule has 0 spiro atoms. The molecule has 1 aromatic carbocycles. The molecule has 4 heteroatoms. The van der Waals surface area contributed by atoms with Crippen LogP contribution in [0.2, 0.25) is 0 Å². The Bertz CT molecular complexity index is 524. The molecule has 0 atom stereocenters. The second-order valence-electron chi connectivity index (χ2n) is 4.02. The molecule has 0 bridgehead atoms. The third kappa shape index (κ3) is 3.37. The number of hydrogen-bond acceptors (Lipinski definition) is 3. The van der Waals surface area contributed by atoms with Gasteiger partial charge in [-0.3, -0.25) is 0 Å². The highest BCUT2D eigenvalue weighted by Gasteiger charge is 2.06. The fraction of sp³-hybridized carbons (Fsp3) is 0.286. The van der Waals surface area contributed by atoms with Gasteiger partial charge in [-0.15, -0.1) is 0 Å². The van der Waals surface area contributed by atoms with E-state index in [1.165, 1.54) is 11.8 Å². The molecule has 0 unspecified atom stereocenters. The summed E-state index contributed by atoms with van der Waals surface area (Å²) >= 11 is 1.52. The van der Waals surface area contributed by atoms with E-state index in [0.29, 0.717) is 6.54 Å². The number of hydrogen-bond donors (Lipinski definition) is 1. The number of nitrogens with one attached hydrogen (secondary N) is 1. The first-order chi connectivity index (χ1) is 8.69. The highest BCUT2D eigenvalue weighted by molar-refractivity contribution is 7.99. The molecule has 2 rings (SSSR count). The summed E-state index contributed by atoms with van der Waals surface area (Å²) in [6.07, 6.45) is 1.65. The molecule has 0 aliphatic rings. The minimum atomic E-state index is -0.200. The minimum absolute atomic E-state index is 0.200. The Labute approximate surface area is 111 Å². The quantitative estimate of drug-likeness (QED) is 0.885. The Kier molecular flexibility index (Phi) is 4.44. The van der Waals surface area contributed by atoms with Gasteiger partial charge >= 0.3 is 0 Å². The van der Waals surface area contributed by atoms with Crippen LogP contribution in [-0.4, -0.2) is 6.54 Å². The average molecular weight is 265 g/mol. The standard InChI is InChI=1S/C14H16FNOS/c1-3-16-9-11-6-12(15)8-13(7-11)18-14-4-5-17-10(14)2/h4-8,16H,3,9H2,1-2H3. The van der Waals surface area contributed by atoms with E-state index < -0.39 is 0 Å². The van der Waals surface area contributed by atoms with Crippen LogP contribution in [0.4, 0.5) is 4.39 Å². The van der Waals surface area contributed by atoms with Crippen LogP contribution >= 0.6 is 11.8 Å². The summed E-state index contributed by atoms with van der Waals surface area (Å²) in [6.45, 7) is 5.50. The van der Waals surface area contributed by atoms with Gasteiger partial charge in [0.05, 0.1) is 11.2 Å². The third-order valence-corrected chi connectivity index (χ3v) is 3.66. The molecular weight excluding hydrogens is 249 g/mol. The molecule has 0 radical (unpaired) electrons. The topological polar surface area (TPSA) is 25.2 Å². The molecule has 0 aliphatic heterocycles. The summed E-state index contributed by atoms with van der Waals surface area (Å²) in [5.74, 6) is 0.659. The highest BCUT2D eigenvalue weighted by atomic mass is 32.2. The van der Waals surface area contributed by atoms with Gasteiger partial charge in [-0.05, 0) is 43.3 Å². The first-order valence-corrected chi connectivity index (χ1v) is 6.73. The Hall–Kier alpha value is -1.26. The SMILES string of the molecule is CCNCc1cc(F)cc(Sc2ccoc2C)c1. The second kappa shape index (κ2) is 6.07. The predicted octanol–water partition coefficient (Wildman–Crippen LogP) is 3.99. The molecule has 1 N–H and O–H groups in total. The lowest BCUT2D eigenvalue weighted by Crippen LogP contribution is -2.11. The Morgan fingerprint density at radius 3 is 2.83 bits per heavy atom. The third-order valence-electron chi connectivity index (χ3n) is 2.55. The molecule has 1 heterocycles. The van der Waals surface area contributed by atoms with Gasteiger partial charge in [0.1, 0.15) is 11.6 Å². The summed E-state index contributed by atoms with van der Waals surface area (Å²) in [5, 5.41) is 3.19. The molecule has 2 nitrogen and oxygen atoms in total. The maximum absolute atomic E-state index is 13.5. The Morgan fingerprint density at radius 1 is 1.33 bits per heavy atom. The van der Waals surface area contributed by atoms with Crippen molar-refractivity contribution in [3.8, 4) is 0 Å². The Balaban J connectivity index is 2.17. The van der Waals surface area contributed by atoms with Crippen LogP contribution in [0.5, 0.6) is 0 Å². The van der Waals surface area contributed by atoms with Crippen LogP contribution in [0.15, 0.2) is 44.7 Å². The van der Waals surface area contributed by atoms with E-state index in [1.54, 1.807) is 18.4 Å². The lowest BCUT2D eigenvalue weighted by Gasteiger charge is -2.06. The first-order valence-electron chi connectivity index (χ1n) is 5.91. The van der Waals surface area contributed by atoms with Crippen LogP contribution < -0.4 is 5.32 Å². The molecule has 0 amide bonds. The lowest BCUT2D eigenvalue weighted by molar-refractivity contribution is 0.527.